The van der Waals surface area contributed by atoms with Crippen molar-refractivity contribution in [2.45, 2.75) is 19.4 Å². The van der Waals surface area contributed by atoms with E-state index in [1.807, 2.05) is 42.5 Å². The van der Waals surface area contributed by atoms with E-state index in [9.17, 15) is 4.79 Å². The molecule has 0 unspecified atom stereocenters. The van der Waals surface area contributed by atoms with Crippen LogP contribution in [0.3, 0.4) is 0 Å². The Morgan fingerprint density at radius 2 is 1.90 bits per heavy atom. The van der Waals surface area contributed by atoms with Crippen molar-refractivity contribution in [3.05, 3.63) is 65.7 Å². The third-order valence-corrected chi connectivity index (χ3v) is 3.25. The van der Waals surface area contributed by atoms with Crippen molar-refractivity contribution in [3.63, 3.8) is 0 Å². The first kappa shape index (κ1) is 14.1. The summed E-state index contributed by atoms with van der Waals surface area (Å²) in [4.78, 5) is 12.3. The Morgan fingerprint density at radius 1 is 1.15 bits per heavy atom. The maximum atomic E-state index is 12.3. The number of carbonyl (C=O) groups is 1. The van der Waals surface area contributed by atoms with E-state index in [-0.39, 0.29) is 11.9 Å². The molecule has 0 aliphatic heterocycles. The van der Waals surface area contributed by atoms with Crippen LogP contribution in [-0.4, -0.2) is 13.0 Å². The fourth-order valence-electron chi connectivity index (χ4n) is 2.11. The number of methoxy groups -OCH3 is 1. The Morgan fingerprint density at radius 3 is 2.55 bits per heavy atom. The molecule has 0 aromatic heterocycles. The molecule has 0 fully saturated rings. The van der Waals surface area contributed by atoms with Crippen molar-refractivity contribution in [2.75, 3.05) is 7.11 Å². The molecule has 3 nitrogen and oxygen atoms in total. The SMILES string of the molecule is CC[C@@H](NC(=O)c1cccc(OC)c1)c1ccccc1. The van der Waals surface area contributed by atoms with E-state index in [0.29, 0.717) is 11.3 Å². The minimum atomic E-state index is -0.0837. The summed E-state index contributed by atoms with van der Waals surface area (Å²) in [6, 6.07) is 17.2. The number of amides is 1. The van der Waals surface area contributed by atoms with Crippen molar-refractivity contribution < 1.29 is 9.53 Å². The molecule has 0 saturated heterocycles. The minimum absolute atomic E-state index is 0.0231. The Labute approximate surface area is 119 Å². The second-order valence-corrected chi connectivity index (χ2v) is 4.58. The highest BCUT2D eigenvalue weighted by Crippen LogP contribution is 2.18. The summed E-state index contributed by atoms with van der Waals surface area (Å²) in [5.74, 6) is 0.602. The van der Waals surface area contributed by atoms with Gasteiger partial charge in [0, 0.05) is 5.56 Å². The quantitative estimate of drug-likeness (QED) is 0.901. The topological polar surface area (TPSA) is 38.3 Å². The molecule has 0 aliphatic rings. The van der Waals surface area contributed by atoms with E-state index in [2.05, 4.69) is 12.2 Å². The fraction of sp³-hybridized carbons (Fsp3) is 0.235. The Hall–Kier alpha value is -2.29. The van der Waals surface area contributed by atoms with Crippen LogP contribution in [0, 0.1) is 0 Å². The van der Waals surface area contributed by atoms with Gasteiger partial charge in [0.25, 0.3) is 5.91 Å². The summed E-state index contributed by atoms with van der Waals surface area (Å²) in [6.07, 6.45) is 0.847. The number of carbonyl (C=O) groups excluding carboxylic acids is 1. The van der Waals surface area contributed by atoms with Crippen LogP contribution in [0.5, 0.6) is 5.75 Å². The van der Waals surface area contributed by atoms with Gasteiger partial charge in [0.1, 0.15) is 5.75 Å². The second kappa shape index (κ2) is 6.75. The lowest BCUT2D eigenvalue weighted by atomic mass is 10.0. The number of benzene rings is 2. The standard InChI is InChI=1S/C17H19NO2/c1-3-16(13-8-5-4-6-9-13)18-17(19)14-10-7-11-15(12-14)20-2/h4-12,16H,3H2,1-2H3,(H,18,19)/t16-/m1/s1. The molecule has 2 rings (SSSR count). The molecule has 1 N–H and O–H groups in total. The monoisotopic (exact) mass is 269 g/mol. The molecular formula is C17H19NO2. The van der Waals surface area contributed by atoms with E-state index in [1.165, 1.54) is 0 Å². The second-order valence-electron chi connectivity index (χ2n) is 4.58. The van der Waals surface area contributed by atoms with Crippen molar-refractivity contribution in [1.29, 1.82) is 0 Å². The predicted molar refractivity (Wildman–Crippen MR) is 79.9 cm³/mol. The van der Waals surface area contributed by atoms with Crippen LogP contribution in [-0.2, 0) is 0 Å². The Kier molecular flexibility index (Phi) is 4.77. The number of rotatable bonds is 5. The number of ether oxygens (including phenoxy) is 1. The molecule has 0 bridgehead atoms. The van der Waals surface area contributed by atoms with Crippen LogP contribution < -0.4 is 10.1 Å². The molecule has 104 valence electrons. The molecular weight excluding hydrogens is 250 g/mol. The van der Waals surface area contributed by atoms with Gasteiger partial charge in [-0.3, -0.25) is 4.79 Å². The normalized spacial score (nSPS) is 11.7. The molecule has 1 amide bonds. The largest absolute Gasteiger partial charge is 0.497 e. The van der Waals surface area contributed by atoms with Gasteiger partial charge in [0.2, 0.25) is 0 Å². The minimum Gasteiger partial charge on any atom is -0.497 e. The molecule has 0 radical (unpaired) electrons. The molecule has 0 saturated carbocycles. The van der Waals surface area contributed by atoms with Crippen LogP contribution >= 0.6 is 0 Å². The molecule has 1 atom stereocenters. The van der Waals surface area contributed by atoms with Gasteiger partial charge >= 0.3 is 0 Å². The van der Waals surface area contributed by atoms with E-state index in [0.717, 1.165) is 12.0 Å². The summed E-state index contributed by atoms with van der Waals surface area (Å²) < 4.78 is 5.14. The highest BCUT2D eigenvalue weighted by molar-refractivity contribution is 5.94. The van der Waals surface area contributed by atoms with Crippen molar-refractivity contribution in [3.8, 4) is 5.75 Å². The van der Waals surface area contributed by atoms with Gasteiger partial charge < -0.3 is 10.1 Å². The number of nitrogens with one attached hydrogen (secondary N) is 1. The van der Waals surface area contributed by atoms with E-state index < -0.39 is 0 Å². The molecule has 0 spiro atoms. The van der Waals surface area contributed by atoms with Gasteiger partial charge in [-0.1, -0.05) is 43.3 Å². The first-order chi connectivity index (χ1) is 9.74. The maximum Gasteiger partial charge on any atom is 0.251 e. The maximum absolute atomic E-state index is 12.3. The first-order valence-corrected chi connectivity index (χ1v) is 6.74. The van der Waals surface area contributed by atoms with Crippen LogP contribution in [0.1, 0.15) is 35.3 Å². The zero-order valence-corrected chi connectivity index (χ0v) is 11.8. The lowest BCUT2D eigenvalue weighted by molar-refractivity contribution is 0.0935. The zero-order chi connectivity index (χ0) is 14.4. The van der Waals surface area contributed by atoms with Crippen molar-refractivity contribution in [2.24, 2.45) is 0 Å². The number of hydrogen-bond donors (Lipinski definition) is 1. The Balaban J connectivity index is 2.13. The van der Waals surface area contributed by atoms with E-state index in [4.69, 9.17) is 4.74 Å². The van der Waals surface area contributed by atoms with E-state index >= 15 is 0 Å². The predicted octanol–water partition coefficient (Wildman–Crippen LogP) is 3.58. The van der Waals surface area contributed by atoms with Gasteiger partial charge in [-0.2, -0.15) is 0 Å². The highest BCUT2D eigenvalue weighted by atomic mass is 16.5. The summed E-state index contributed by atoms with van der Waals surface area (Å²) >= 11 is 0. The van der Waals surface area contributed by atoms with Crippen LogP contribution in [0.15, 0.2) is 54.6 Å². The molecule has 0 heterocycles. The fourth-order valence-corrected chi connectivity index (χ4v) is 2.11. The third-order valence-electron chi connectivity index (χ3n) is 3.25. The van der Waals surface area contributed by atoms with Crippen molar-refractivity contribution >= 4 is 5.91 Å². The highest BCUT2D eigenvalue weighted by Gasteiger charge is 2.14. The molecule has 2 aromatic carbocycles. The zero-order valence-electron chi connectivity index (χ0n) is 11.8. The molecule has 3 heteroatoms. The molecule has 0 aliphatic carbocycles. The van der Waals surface area contributed by atoms with Gasteiger partial charge in [-0.05, 0) is 30.2 Å². The first-order valence-electron chi connectivity index (χ1n) is 6.74. The van der Waals surface area contributed by atoms with Gasteiger partial charge in [0.15, 0.2) is 0 Å². The van der Waals surface area contributed by atoms with Crippen molar-refractivity contribution in [1.82, 2.24) is 5.32 Å². The molecule has 2 aromatic rings. The third kappa shape index (κ3) is 3.38. The summed E-state index contributed by atoms with van der Waals surface area (Å²) in [5.41, 5.74) is 1.73. The smallest absolute Gasteiger partial charge is 0.251 e. The lowest BCUT2D eigenvalue weighted by Crippen LogP contribution is -2.28. The van der Waals surface area contributed by atoms with Crippen LogP contribution in [0.2, 0.25) is 0 Å². The van der Waals surface area contributed by atoms with Crippen LogP contribution in [0.25, 0.3) is 0 Å². The van der Waals surface area contributed by atoms with Gasteiger partial charge in [-0.15, -0.1) is 0 Å². The van der Waals surface area contributed by atoms with E-state index in [1.54, 1.807) is 19.2 Å². The summed E-state index contributed by atoms with van der Waals surface area (Å²) in [5, 5.41) is 3.06. The van der Waals surface area contributed by atoms with Gasteiger partial charge in [0.05, 0.1) is 13.2 Å². The van der Waals surface area contributed by atoms with Gasteiger partial charge in [-0.25, -0.2) is 0 Å². The van der Waals surface area contributed by atoms with Crippen LogP contribution in [0.4, 0.5) is 0 Å². The summed E-state index contributed by atoms with van der Waals surface area (Å²) in [6.45, 7) is 2.06. The summed E-state index contributed by atoms with van der Waals surface area (Å²) in [7, 11) is 1.59. The number of hydrogen-bond acceptors (Lipinski definition) is 2. The lowest BCUT2D eigenvalue weighted by Gasteiger charge is -2.17. The average molecular weight is 269 g/mol. The molecule has 20 heavy (non-hydrogen) atoms. The Bertz CT molecular complexity index is 566. The average Bonchev–Trinajstić information content (AvgIpc) is 2.53.